The lowest BCUT2D eigenvalue weighted by molar-refractivity contribution is -0.385. The summed E-state index contributed by atoms with van der Waals surface area (Å²) in [6.45, 7) is -0.623. The summed E-state index contributed by atoms with van der Waals surface area (Å²) in [5.74, 6) is -1.98. The first kappa shape index (κ1) is 16.6. The predicted octanol–water partition coefficient (Wildman–Crippen LogP) is 1.31. The number of amides is 1. The zero-order valence-electron chi connectivity index (χ0n) is 10.6. The summed E-state index contributed by atoms with van der Waals surface area (Å²) in [5, 5.41) is 21.5. The minimum atomic E-state index is -1.42. The molecule has 1 aliphatic rings. The van der Waals surface area contributed by atoms with Crippen LogP contribution in [0.2, 0.25) is 0 Å². The van der Waals surface area contributed by atoms with Crippen molar-refractivity contribution in [1.82, 2.24) is 4.90 Å². The van der Waals surface area contributed by atoms with Gasteiger partial charge in [-0.3, -0.25) is 19.8 Å². The number of halogens is 1. The van der Waals surface area contributed by atoms with Crippen molar-refractivity contribution in [3.8, 4) is 0 Å². The highest BCUT2D eigenvalue weighted by atomic mass is 79.9. The predicted molar refractivity (Wildman–Crippen MR) is 85.7 cm³/mol. The Balaban J connectivity index is 2.33. The van der Waals surface area contributed by atoms with Crippen LogP contribution >= 0.6 is 39.9 Å². The third-order valence-corrected chi connectivity index (χ3v) is 4.67. The third-order valence-electron chi connectivity index (χ3n) is 2.63. The molecule has 0 saturated carbocycles. The minimum absolute atomic E-state index is 0.104. The molecule has 114 valence electrons. The maximum Gasteiger partial charge on any atom is 0.284 e. The molecule has 10 heteroatoms. The average molecular weight is 402 g/mol. The van der Waals surface area contributed by atoms with E-state index in [1.807, 2.05) is 0 Å². The van der Waals surface area contributed by atoms with Gasteiger partial charge in [-0.25, -0.2) is 0 Å². The van der Waals surface area contributed by atoms with Crippen LogP contribution in [0.15, 0.2) is 27.6 Å². The molecular weight excluding hydrogens is 396 g/mol. The Labute approximate surface area is 142 Å². The second kappa shape index (κ2) is 6.55. The molecule has 1 fully saturated rings. The number of carboxylic acids is 1. The lowest BCUT2D eigenvalue weighted by atomic mass is 10.2. The van der Waals surface area contributed by atoms with Gasteiger partial charge in [0.1, 0.15) is 4.32 Å². The summed E-state index contributed by atoms with van der Waals surface area (Å²) >= 11 is 8.94. The van der Waals surface area contributed by atoms with Crippen LogP contribution in [0.1, 0.15) is 5.56 Å². The molecule has 2 rings (SSSR count). The molecule has 1 amide bonds. The van der Waals surface area contributed by atoms with Gasteiger partial charge in [0.2, 0.25) is 0 Å². The van der Waals surface area contributed by atoms with Gasteiger partial charge in [0, 0.05) is 6.07 Å². The first-order valence-electron chi connectivity index (χ1n) is 5.68. The number of thioether (sulfide) groups is 1. The van der Waals surface area contributed by atoms with Crippen molar-refractivity contribution in [3.63, 3.8) is 0 Å². The molecule has 0 spiro atoms. The Morgan fingerprint density at radius 3 is 2.77 bits per heavy atom. The lowest BCUT2D eigenvalue weighted by Crippen LogP contribution is -2.40. The van der Waals surface area contributed by atoms with Crippen molar-refractivity contribution in [2.75, 3.05) is 6.54 Å². The van der Waals surface area contributed by atoms with Crippen LogP contribution < -0.4 is 5.11 Å². The van der Waals surface area contributed by atoms with Gasteiger partial charge in [-0.1, -0.05) is 30.0 Å². The molecule has 22 heavy (non-hydrogen) atoms. The molecular formula is C12H6BrN2O5S2-. The first-order chi connectivity index (χ1) is 10.3. The Kier molecular flexibility index (Phi) is 4.94. The van der Waals surface area contributed by atoms with Gasteiger partial charge in [0.15, 0.2) is 0 Å². The Hall–Kier alpha value is -1.78. The largest absolute Gasteiger partial charge is 0.548 e. The van der Waals surface area contributed by atoms with Crippen LogP contribution in [-0.4, -0.2) is 32.6 Å². The van der Waals surface area contributed by atoms with E-state index in [-0.39, 0.29) is 14.9 Å². The maximum atomic E-state index is 12.1. The number of hydrogen-bond acceptors (Lipinski definition) is 7. The smallest absolute Gasteiger partial charge is 0.284 e. The second-order valence-electron chi connectivity index (χ2n) is 4.11. The van der Waals surface area contributed by atoms with Gasteiger partial charge in [0.05, 0.1) is 26.8 Å². The topological polar surface area (TPSA) is 104 Å². The van der Waals surface area contributed by atoms with Crippen molar-refractivity contribution < 1.29 is 19.6 Å². The quantitative estimate of drug-likeness (QED) is 0.324. The van der Waals surface area contributed by atoms with E-state index in [1.165, 1.54) is 18.2 Å². The number of nitro groups is 1. The summed E-state index contributed by atoms with van der Waals surface area (Å²) in [7, 11) is 0. The first-order valence-corrected chi connectivity index (χ1v) is 7.70. The van der Waals surface area contributed by atoms with Crippen molar-refractivity contribution in [3.05, 3.63) is 43.3 Å². The van der Waals surface area contributed by atoms with Crippen molar-refractivity contribution >= 4 is 67.9 Å². The molecule has 0 bridgehead atoms. The van der Waals surface area contributed by atoms with E-state index in [0.717, 1.165) is 16.7 Å². The highest BCUT2D eigenvalue weighted by molar-refractivity contribution is 9.10. The van der Waals surface area contributed by atoms with E-state index >= 15 is 0 Å². The maximum absolute atomic E-state index is 12.1. The molecule has 7 nitrogen and oxygen atoms in total. The highest BCUT2D eigenvalue weighted by Crippen LogP contribution is 2.33. The molecule has 0 unspecified atom stereocenters. The fourth-order valence-electron chi connectivity index (χ4n) is 1.68. The van der Waals surface area contributed by atoms with Gasteiger partial charge in [-0.2, -0.15) is 0 Å². The summed E-state index contributed by atoms with van der Waals surface area (Å²) in [4.78, 5) is 34.1. The summed E-state index contributed by atoms with van der Waals surface area (Å²) < 4.78 is 0.422. The van der Waals surface area contributed by atoms with Gasteiger partial charge < -0.3 is 9.90 Å². The van der Waals surface area contributed by atoms with Gasteiger partial charge in [-0.05, 0) is 33.6 Å². The summed E-state index contributed by atoms with van der Waals surface area (Å²) in [6, 6.07) is 4.38. The molecule has 0 aromatic heterocycles. The Morgan fingerprint density at radius 2 is 2.18 bits per heavy atom. The number of nitro benzene ring substituents is 1. The number of carboxylic acid groups (broad SMARTS) is 1. The Morgan fingerprint density at radius 1 is 1.50 bits per heavy atom. The van der Waals surface area contributed by atoms with Crippen LogP contribution in [0.25, 0.3) is 6.08 Å². The number of hydrogen-bond donors (Lipinski definition) is 0. The number of rotatable bonds is 4. The molecule has 0 aliphatic carbocycles. The fraction of sp³-hybridized carbons (Fsp3) is 0.0833. The van der Waals surface area contributed by atoms with E-state index in [1.54, 1.807) is 6.07 Å². The van der Waals surface area contributed by atoms with Gasteiger partial charge >= 0.3 is 0 Å². The SMILES string of the molecule is O=C([O-])CN1C(=O)/C(=C\c2ccc(Br)c([N+](=O)[O-])c2)SC1=S. The van der Waals surface area contributed by atoms with Gasteiger partial charge in [-0.15, -0.1) is 0 Å². The van der Waals surface area contributed by atoms with Crippen LogP contribution in [0.4, 0.5) is 5.69 Å². The van der Waals surface area contributed by atoms with E-state index in [4.69, 9.17) is 12.2 Å². The number of aliphatic carboxylic acids is 1. The van der Waals surface area contributed by atoms with E-state index in [9.17, 15) is 24.8 Å². The molecule has 1 aromatic rings. The number of thiocarbonyl (C=S) groups is 1. The zero-order chi connectivity index (χ0) is 16.4. The zero-order valence-corrected chi connectivity index (χ0v) is 13.9. The van der Waals surface area contributed by atoms with Crippen LogP contribution in [-0.2, 0) is 9.59 Å². The molecule has 1 heterocycles. The van der Waals surface area contributed by atoms with Crippen LogP contribution in [0.5, 0.6) is 0 Å². The second-order valence-corrected chi connectivity index (χ2v) is 6.64. The number of carbonyl (C=O) groups is 2. The standard InChI is InChI=1S/C12H7BrN2O5S2/c13-7-2-1-6(3-8(7)15(19)20)4-9-11(18)14(5-10(16)17)12(21)22-9/h1-4H,5H2,(H,16,17)/p-1/b9-4+. The molecule has 0 atom stereocenters. The molecule has 0 radical (unpaired) electrons. The average Bonchev–Trinajstić information content (AvgIpc) is 2.68. The monoisotopic (exact) mass is 401 g/mol. The van der Waals surface area contributed by atoms with E-state index < -0.39 is 23.3 Å². The van der Waals surface area contributed by atoms with Crippen LogP contribution in [0.3, 0.4) is 0 Å². The van der Waals surface area contributed by atoms with Crippen molar-refractivity contribution in [2.45, 2.75) is 0 Å². The van der Waals surface area contributed by atoms with Gasteiger partial charge in [0.25, 0.3) is 11.6 Å². The molecule has 1 saturated heterocycles. The van der Waals surface area contributed by atoms with Crippen LogP contribution in [0, 0.1) is 10.1 Å². The van der Waals surface area contributed by atoms with Crippen molar-refractivity contribution in [2.24, 2.45) is 0 Å². The number of benzene rings is 1. The summed E-state index contributed by atoms with van der Waals surface area (Å²) in [6.07, 6.45) is 1.42. The van der Waals surface area contributed by atoms with E-state index in [2.05, 4.69) is 15.9 Å². The minimum Gasteiger partial charge on any atom is -0.548 e. The normalized spacial score (nSPS) is 16.4. The number of carbonyl (C=O) groups excluding carboxylic acids is 2. The highest BCUT2D eigenvalue weighted by Gasteiger charge is 2.32. The number of nitrogens with zero attached hydrogens (tertiary/aromatic N) is 2. The van der Waals surface area contributed by atoms with E-state index in [0.29, 0.717) is 10.0 Å². The third kappa shape index (κ3) is 3.51. The Bertz CT molecular complexity index is 734. The fourth-order valence-corrected chi connectivity index (χ4v) is 3.32. The lowest BCUT2D eigenvalue weighted by Gasteiger charge is -2.14. The molecule has 0 N–H and O–H groups in total. The molecule has 1 aliphatic heterocycles. The summed E-state index contributed by atoms with van der Waals surface area (Å²) in [5.41, 5.74) is 0.294. The molecule has 1 aromatic carbocycles. The van der Waals surface area contributed by atoms with Crippen molar-refractivity contribution in [1.29, 1.82) is 0 Å².